The first kappa shape index (κ1) is 30.1. The van der Waals surface area contributed by atoms with Crippen LogP contribution < -0.4 is 5.32 Å². The normalized spacial score (nSPS) is 20.5. The zero-order chi connectivity index (χ0) is 30.1. The van der Waals surface area contributed by atoms with Gasteiger partial charge in [0.15, 0.2) is 0 Å². The fourth-order valence-corrected chi connectivity index (χ4v) is 5.44. The Morgan fingerprint density at radius 3 is 2.02 bits per heavy atom. The number of halogens is 6. The van der Waals surface area contributed by atoms with Gasteiger partial charge < -0.3 is 9.80 Å². The molecule has 1 N–H and O–H groups in total. The monoisotopic (exact) mass is 583 g/mol. The van der Waals surface area contributed by atoms with Crippen LogP contribution in [-0.2, 0) is 38.1 Å². The van der Waals surface area contributed by atoms with Crippen molar-refractivity contribution < 1.29 is 45.5 Å². The summed E-state index contributed by atoms with van der Waals surface area (Å²) in [5, 5.41) is 2.16. The number of hydrogen-bond acceptors (Lipinski definition) is 4. The maximum atomic E-state index is 13.6. The SMILES string of the molecule is CN(Cc1cc(C(F)(F)F)cc(C(F)(F)F)c1)C(=O)[C@@H]1CCN(C(=O)C2CC(=O)NC(=O)C2)C[C@H]1c1ccccc1. The van der Waals surface area contributed by atoms with Crippen LogP contribution >= 0.6 is 0 Å². The summed E-state index contributed by atoms with van der Waals surface area (Å²) in [4.78, 5) is 53.0. The van der Waals surface area contributed by atoms with Gasteiger partial charge >= 0.3 is 12.4 Å². The van der Waals surface area contributed by atoms with E-state index in [0.717, 1.165) is 4.90 Å². The first-order valence-electron chi connectivity index (χ1n) is 12.8. The van der Waals surface area contributed by atoms with E-state index in [9.17, 15) is 45.5 Å². The molecule has 2 aliphatic rings. The Bertz CT molecular complexity index is 1280. The van der Waals surface area contributed by atoms with Gasteiger partial charge in [-0.1, -0.05) is 30.3 Å². The quantitative estimate of drug-likeness (QED) is 0.419. The van der Waals surface area contributed by atoms with Gasteiger partial charge in [0, 0.05) is 51.4 Å². The van der Waals surface area contributed by atoms with E-state index in [2.05, 4.69) is 5.32 Å². The van der Waals surface area contributed by atoms with Gasteiger partial charge in [0.2, 0.25) is 23.6 Å². The lowest BCUT2D eigenvalue weighted by atomic mass is 9.79. The Hall–Kier alpha value is -3.90. The van der Waals surface area contributed by atoms with Crippen molar-refractivity contribution >= 4 is 23.6 Å². The summed E-state index contributed by atoms with van der Waals surface area (Å²) in [5.41, 5.74) is -2.54. The number of rotatable bonds is 5. The van der Waals surface area contributed by atoms with Crippen molar-refractivity contribution in [3.05, 3.63) is 70.8 Å². The Morgan fingerprint density at radius 1 is 0.927 bits per heavy atom. The molecule has 13 heteroatoms. The number of amides is 4. The van der Waals surface area contributed by atoms with E-state index in [4.69, 9.17) is 0 Å². The first-order valence-corrected chi connectivity index (χ1v) is 12.8. The minimum Gasteiger partial charge on any atom is -0.342 e. The molecule has 41 heavy (non-hydrogen) atoms. The summed E-state index contributed by atoms with van der Waals surface area (Å²) in [6.07, 6.45) is -10.1. The number of benzene rings is 2. The van der Waals surface area contributed by atoms with E-state index in [0.29, 0.717) is 17.7 Å². The van der Waals surface area contributed by atoms with Crippen LogP contribution in [0.4, 0.5) is 26.3 Å². The summed E-state index contributed by atoms with van der Waals surface area (Å²) in [6.45, 7) is -0.284. The second-order valence-electron chi connectivity index (χ2n) is 10.4. The Morgan fingerprint density at radius 2 is 1.49 bits per heavy atom. The lowest BCUT2D eigenvalue weighted by molar-refractivity contribution is -0.148. The predicted molar refractivity (Wildman–Crippen MR) is 133 cm³/mol. The van der Waals surface area contributed by atoms with E-state index in [1.807, 2.05) is 0 Å². The molecule has 2 aliphatic heterocycles. The zero-order valence-corrected chi connectivity index (χ0v) is 21.9. The summed E-state index contributed by atoms with van der Waals surface area (Å²) < 4.78 is 79.9. The molecule has 0 spiro atoms. The molecule has 7 nitrogen and oxygen atoms in total. The molecule has 0 aromatic heterocycles. The lowest BCUT2D eigenvalue weighted by Crippen LogP contribution is -2.51. The van der Waals surface area contributed by atoms with Gasteiger partial charge in [-0.2, -0.15) is 26.3 Å². The molecule has 2 aromatic rings. The number of imide groups is 1. The fraction of sp³-hybridized carbons (Fsp3) is 0.429. The third kappa shape index (κ3) is 7.06. The van der Waals surface area contributed by atoms with Crippen molar-refractivity contribution in [1.82, 2.24) is 15.1 Å². The number of nitrogens with one attached hydrogen (secondary N) is 1. The number of likely N-dealkylation sites (tertiary alicyclic amines) is 1. The summed E-state index contributed by atoms with van der Waals surface area (Å²) in [6, 6.07) is 9.99. The Balaban J connectivity index is 1.56. The van der Waals surface area contributed by atoms with E-state index in [-0.39, 0.29) is 44.0 Å². The Labute approximate surface area is 231 Å². The maximum absolute atomic E-state index is 13.6. The summed E-state index contributed by atoms with van der Waals surface area (Å²) >= 11 is 0. The number of hydrogen-bond donors (Lipinski definition) is 1. The van der Waals surface area contributed by atoms with E-state index >= 15 is 0 Å². The topological polar surface area (TPSA) is 86.8 Å². The van der Waals surface area contributed by atoms with Gasteiger partial charge in [-0.15, -0.1) is 0 Å². The molecule has 2 fully saturated rings. The molecular weight excluding hydrogens is 556 g/mol. The van der Waals surface area contributed by atoms with Crippen LogP contribution in [0.2, 0.25) is 0 Å². The highest BCUT2D eigenvalue weighted by Crippen LogP contribution is 2.38. The minimum atomic E-state index is -5.01. The predicted octanol–water partition coefficient (Wildman–Crippen LogP) is 4.37. The fourth-order valence-electron chi connectivity index (χ4n) is 5.44. The first-order chi connectivity index (χ1) is 19.1. The molecule has 2 saturated heterocycles. The van der Waals surface area contributed by atoms with Crippen LogP contribution in [0.3, 0.4) is 0 Å². The number of carbonyl (C=O) groups excluding carboxylic acids is 4. The molecule has 4 amide bonds. The van der Waals surface area contributed by atoms with Gasteiger partial charge in [0.05, 0.1) is 17.0 Å². The lowest BCUT2D eigenvalue weighted by Gasteiger charge is -2.41. The second kappa shape index (κ2) is 11.5. The molecule has 4 rings (SSSR count). The summed E-state index contributed by atoms with van der Waals surface area (Å²) in [5.74, 6) is -4.07. The molecule has 0 bridgehead atoms. The maximum Gasteiger partial charge on any atom is 0.416 e. The third-order valence-corrected chi connectivity index (χ3v) is 7.40. The van der Waals surface area contributed by atoms with Gasteiger partial charge in [-0.05, 0) is 35.7 Å². The average molecular weight is 584 g/mol. The van der Waals surface area contributed by atoms with Crippen molar-refractivity contribution in [2.45, 2.75) is 44.1 Å². The van der Waals surface area contributed by atoms with Crippen LogP contribution in [0.15, 0.2) is 48.5 Å². The largest absolute Gasteiger partial charge is 0.416 e. The molecule has 0 unspecified atom stereocenters. The molecule has 0 saturated carbocycles. The van der Waals surface area contributed by atoms with Gasteiger partial charge in [0.25, 0.3) is 0 Å². The molecule has 2 atom stereocenters. The van der Waals surface area contributed by atoms with Crippen LogP contribution in [0.25, 0.3) is 0 Å². The second-order valence-corrected chi connectivity index (χ2v) is 10.4. The minimum absolute atomic E-state index is 0.0347. The van der Waals surface area contributed by atoms with Crippen molar-refractivity contribution in [2.75, 3.05) is 20.1 Å². The standard InChI is InChI=1S/C28H27F6N3O4/c1-36(14-16-9-19(27(29,30)31)13-20(10-16)28(32,33)34)26(41)21-7-8-37(15-22(21)17-5-3-2-4-6-17)25(40)18-11-23(38)35-24(39)12-18/h2-6,9-10,13,18,21-22H,7-8,11-12,14-15H2,1H3,(H,35,38,39)/t21-,22+/m1/s1. The number of alkyl halides is 6. The molecule has 0 aliphatic carbocycles. The average Bonchev–Trinajstić information content (AvgIpc) is 2.90. The third-order valence-electron chi connectivity index (χ3n) is 7.40. The van der Waals surface area contributed by atoms with E-state index < -0.39 is 71.4 Å². The van der Waals surface area contributed by atoms with Crippen LogP contribution in [0, 0.1) is 11.8 Å². The highest BCUT2D eigenvalue weighted by Gasteiger charge is 2.41. The van der Waals surface area contributed by atoms with Crippen molar-refractivity contribution in [1.29, 1.82) is 0 Å². The van der Waals surface area contributed by atoms with E-state index in [1.165, 1.54) is 11.9 Å². The van der Waals surface area contributed by atoms with Crippen LogP contribution in [-0.4, -0.2) is 53.6 Å². The van der Waals surface area contributed by atoms with Crippen molar-refractivity contribution in [3.63, 3.8) is 0 Å². The summed E-state index contributed by atoms with van der Waals surface area (Å²) in [7, 11) is 1.31. The highest BCUT2D eigenvalue weighted by molar-refractivity contribution is 6.02. The van der Waals surface area contributed by atoms with Crippen LogP contribution in [0.5, 0.6) is 0 Å². The molecule has 2 heterocycles. The Kier molecular flexibility index (Phi) is 8.46. The molecule has 2 aromatic carbocycles. The zero-order valence-electron chi connectivity index (χ0n) is 21.9. The van der Waals surface area contributed by atoms with Crippen molar-refractivity contribution in [2.24, 2.45) is 11.8 Å². The highest BCUT2D eigenvalue weighted by atomic mass is 19.4. The van der Waals surface area contributed by atoms with Crippen LogP contribution in [0.1, 0.15) is 47.4 Å². The van der Waals surface area contributed by atoms with E-state index in [1.54, 1.807) is 30.3 Å². The number of piperidine rings is 2. The smallest absolute Gasteiger partial charge is 0.342 e. The number of nitrogens with zero attached hydrogens (tertiary/aromatic N) is 2. The molecular formula is C28H27F6N3O4. The van der Waals surface area contributed by atoms with Gasteiger partial charge in [-0.3, -0.25) is 24.5 Å². The van der Waals surface area contributed by atoms with Gasteiger partial charge in [0.1, 0.15) is 0 Å². The molecule has 220 valence electrons. The number of carbonyl (C=O) groups is 4. The molecule has 0 radical (unpaired) electrons. The van der Waals surface area contributed by atoms with Gasteiger partial charge in [-0.25, -0.2) is 0 Å². The van der Waals surface area contributed by atoms with Crippen molar-refractivity contribution in [3.8, 4) is 0 Å².